The van der Waals surface area contributed by atoms with Gasteiger partial charge in [-0.2, -0.15) is 0 Å². The third-order valence-electron chi connectivity index (χ3n) is 2.99. The van der Waals surface area contributed by atoms with Gasteiger partial charge in [0.25, 0.3) is 0 Å². The number of amides is 2. The van der Waals surface area contributed by atoms with E-state index >= 15 is 0 Å². The molecule has 1 aliphatic heterocycles. The van der Waals surface area contributed by atoms with Crippen LogP contribution < -0.4 is 11.1 Å². The fourth-order valence-corrected chi connectivity index (χ4v) is 1.82. The second-order valence-electron chi connectivity index (χ2n) is 4.40. The van der Waals surface area contributed by atoms with Crippen LogP contribution in [0.25, 0.3) is 0 Å². The number of carbonyl (C=O) groups is 3. The van der Waals surface area contributed by atoms with Crippen molar-refractivity contribution in [3.63, 3.8) is 0 Å². The van der Waals surface area contributed by atoms with Crippen LogP contribution >= 0.6 is 0 Å². The van der Waals surface area contributed by atoms with Gasteiger partial charge in [-0.25, -0.2) is 0 Å². The number of carbonyl (C=O) groups excluding carboxylic acids is 3. The molecule has 2 atom stereocenters. The molecule has 3 N–H and O–H groups in total. The predicted molar refractivity (Wildman–Crippen MR) is 64.6 cm³/mol. The number of nitrogens with one attached hydrogen (secondary N) is 1. The molecule has 1 aliphatic rings. The summed E-state index contributed by atoms with van der Waals surface area (Å²) in [7, 11) is 0. The second-order valence-corrected chi connectivity index (χ2v) is 4.40. The van der Waals surface area contributed by atoms with Gasteiger partial charge in [-0.1, -0.05) is 6.92 Å². The molecule has 6 nitrogen and oxygen atoms in total. The number of ketones is 1. The number of hydrogen-bond donors (Lipinski definition) is 2. The number of Topliss-reactive ketones (excluding diaryl/α,β-unsaturated/α-hetero) is 1. The molecule has 0 aromatic carbocycles. The minimum Gasteiger partial charge on any atom is -0.368 e. The highest BCUT2D eigenvalue weighted by atomic mass is 16.5. The second kappa shape index (κ2) is 7.10. The van der Waals surface area contributed by atoms with E-state index in [1.807, 2.05) is 0 Å². The fourth-order valence-electron chi connectivity index (χ4n) is 1.82. The minimum absolute atomic E-state index is 0.0487. The highest BCUT2D eigenvalue weighted by Gasteiger charge is 2.27. The van der Waals surface area contributed by atoms with Gasteiger partial charge in [-0.05, 0) is 19.3 Å². The van der Waals surface area contributed by atoms with Crippen LogP contribution in [0.5, 0.6) is 0 Å². The molecule has 0 spiro atoms. The lowest BCUT2D eigenvalue weighted by Crippen LogP contribution is -2.48. The highest BCUT2D eigenvalue weighted by molar-refractivity contribution is 5.89. The van der Waals surface area contributed by atoms with Crippen molar-refractivity contribution >= 4 is 17.6 Å². The molecular formula is C12H20N2O4. The van der Waals surface area contributed by atoms with Gasteiger partial charge in [0.05, 0.1) is 0 Å². The summed E-state index contributed by atoms with van der Waals surface area (Å²) < 4.78 is 5.21. The Morgan fingerprint density at radius 1 is 1.44 bits per heavy atom. The summed E-state index contributed by atoms with van der Waals surface area (Å²) in [6.07, 6.45) is 1.93. The maximum Gasteiger partial charge on any atom is 0.249 e. The number of nitrogens with two attached hydrogens (primary N) is 1. The van der Waals surface area contributed by atoms with Crippen LogP contribution in [0.4, 0.5) is 0 Å². The van der Waals surface area contributed by atoms with Crippen molar-refractivity contribution in [1.29, 1.82) is 0 Å². The van der Waals surface area contributed by atoms with Crippen LogP contribution in [-0.4, -0.2) is 36.4 Å². The number of primary amides is 1. The first-order valence-electron chi connectivity index (χ1n) is 6.27. The van der Waals surface area contributed by atoms with E-state index in [1.165, 1.54) is 0 Å². The van der Waals surface area contributed by atoms with Crippen LogP contribution in [0, 0.1) is 0 Å². The summed E-state index contributed by atoms with van der Waals surface area (Å²) in [6.45, 7) is 2.32. The number of rotatable bonds is 7. The SMILES string of the molecule is CCC(=O)CC[C@H](NC(=O)[C@@H]1CCCO1)C(N)=O. The van der Waals surface area contributed by atoms with Gasteiger partial charge in [-0.3, -0.25) is 14.4 Å². The average Bonchev–Trinajstić information content (AvgIpc) is 2.87. The molecule has 1 rings (SSSR count). The van der Waals surface area contributed by atoms with Crippen molar-refractivity contribution in [1.82, 2.24) is 5.32 Å². The first kappa shape index (κ1) is 14.6. The van der Waals surface area contributed by atoms with Crippen LogP contribution in [0.2, 0.25) is 0 Å². The quantitative estimate of drug-likeness (QED) is 0.664. The van der Waals surface area contributed by atoms with E-state index in [-0.39, 0.29) is 24.5 Å². The van der Waals surface area contributed by atoms with Gasteiger partial charge in [0.1, 0.15) is 17.9 Å². The van der Waals surface area contributed by atoms with E-state index in [2.05, 4.69) is 5.32 Å². The lowest BCUT2D eigenvalue weighted by atomic mass is 10.1. The lowest BCUT2D eigenvalue weighted by Gasteiger charge is -2.17. The Morgan fingerprint density at radius 2 is 2.17 bits per heavy atom. The van der Waals surface area contributed by atoms with Crippen LogP contribution in [0.1, 0.15) is 39.0 Å². The summed E-state index contributed by atoms with van der Waals surface area (Å²) in [5, 5.41) is 2.55. The van der Waals surface area contributed by atoms with Crippen molar-refractivity contribution in [2.24, 2.45) is 5.73 Å². The standard InChI is InChI=1S/C12H20N2O4/c1-2-8(15)5-6-9(11(13)16)14-12(17)10-4-3-7-18-10/h9-10H,2-7H2,1H3,(H2,13,16)(H,14,17)/t9-,10-/m0/s1. The van der Waals surface area contributed by atoms with Gasteiger partial charge in [0.2, 0.25) is 11.8 Å². The number of ether oxygens (including phenoxy) is 1. The lowest BCUT2D eigenvalue weighted by molar-refractivity contribution is -0.134. The molecular weight excluding hydrogens is 236 g/mol. The Kier molecular flexibility index (Phi) is 5.77. The largest absolute Gasteiger partial charge is 0.368 e. The molecule has 1 fully saturated rings. The van der Waals surface area contributed by atoms with E-state index < -0.39 is 18.1 Å². The van der Waals surface area contributed by atoms with Crippen molar-refractivity contribution in [3.05, 3.63) is 0 Å². The van der Waals surface area contributed by atoms with Crippen LogP contribution in [0.3, 0.4) is 0 Å². The first-order valence-corrected chi connectivity index (χ1v) is 6.27. The van der Waals surface area contributed by atoms with Crippen LogP contribution in [-0.2, 0) is 19.1 Å². The molecule has 0 bridgehead atoms. The molecule has 102 valence electrons. The summed E-state index contributed by atoms with van der Waals surface area (Å²) in [5.74, 6) is -0.891. The Balaban J connectivity index is 2.44. The predicted octanol–water partition coefficient (Wildman–Crippen LogP) is -0.105. The Hall–Kier alpha value is -1.43. The molecule has 0 radical (unpaired) electrons. The molecule has 1 saturated heterocycles. The van der Waals surface area contributed by atoms with E-state index in [0.717, 1.165) is 6.42 Å². The van der Waals surface area contributed by atoms with Crippen molar-refractivity contribution < 1.29 is 19.1 Å². The van der Waals surface area contributed by atoms with Gasteiger partial charge in [0, 0.05) is 19.4 Å². The summed E-state index contributed by atoms with van der Waals surface area (Å²) >= 11 is 0. The average molecular weight is 256 g/mol. The van der Waals surface area contributed by atoms with E-state index in [9.17, 15) is 14.4 Å². The van der Waals surface area contributed by atoms with E-state index in [0.29, 0.717) is 19.4 Å². The van der Waals surface area contributed by atoms with Gasteiger partial charge >= 0.3 is 0 Å². The maximum absolute atomic E-state index is 11.7. The zero-order valence-corrected chi connectivity index (χ0v) is 10.6. The summed E-state index contributed by atoms with van der Waals surface area (Å²) in [4.78, 5) is 34.1. The summed E-state index contributed by atoms with van der Waals surface area (Å²) in [6, 6.07) is -0.794. The molecule has 2 amide bonds. The van der Waals surface area contributed by atoms with E-state index in [1.54, 1.807) is 6.92 Å². The Labute approximate surface area is 106 Å². The Bertz CT molecular complexity index is 324. The molecule has 0 aliphatic carbocycles. The Morgan fingerprint density at radius 3 is 2.67 bits per heavy atom. The molecule has 0 aromatic heterocycles. The van der Waals surface area contributed by atoms with Gasteiger partial charge in [0.15, 0.2) is 0 Å². The third-order valence-corrected chi connectivity index (χ3v) is 2.99. The molecule has 0 saturated carbocycles. The topological polar surface area (TPSA) is 98.5 Å². The summed E-state index contributed by atoms with van der Waals surface area (Å²) in [5.41, 5.74) is 5.21. The molecule has 0 unspecified atom stereocenters. The normalized spacial score (nSPS) is 20.4. The molecule has 6 heteroatoms. The smallest absolute Gasteiger partial charge is 0.249 e. The van der Waals surface area contributed by atoms with Crippen LogP contribution in [0.15, 0.2) is 0 Å². The number of hydrogen-bond acceptors (Lipinski definition) is 4. The van der Waals surface area contributed by atoms with Gasteiger partial charge in [-0.15, -0.1) is 0 Å². The highest BCUT2D eigenvalue weighted by Crippen LogP contribution is 2.12. The molecule has 0 aromatic rings. The van der Waals surface area contributed by atoms with Crippen molar-refractivity contribution in [3.8, 4) is 0 Å². The van der Waals surface area contributed by atoms with Gasteiger partial charge < -0.3 is 15.8 Å². The van der Waals surface area contributed by atoms with Crippen molar-refractivity contribution in [2.45, 2.75) is 51.2 Å². The molecule has 1 heterocycles. The maximum atomic E-state index is 11.7. The first-order chi connectivity index (χ1) is 8.54. The van der Waals surface area contributed by atoms with Crippen molar-refractivity contribution in [2.75, 3.05) is 6.61 Å². The zero-order valence-electron chi connectivity index (χ0n) is 10.6. The minimum atomic E-state index is -0.794. The molecule has 18 heavy (non-hydrogen) atoms. The third kappa shape index (κ3) is 4.44. The monoisotopic (exact) mass is 256 g/mol. The zero-order chi connectivity index (χ0) is 13.5. The fraction of sp³-hybridized carbons (Fsp3) is 0.750. The van der Waals surface area contributed by atoms with E-state index in [4.69, 9.17) is 10.5 Å².